The summed E-state index contributed by atoms with van der Waals surface area (Å²) >= 11 is 0. The maximum Gasteiger partial charge on any atom is 0.324 e. The lowest BCUT2D eigenvalue weighted by molar-refractivity contribution is -0.384. The number of nitrogens with zero attached hydrogens (tertiary/aromatic N) is 2. The van der Waals surface area contributed by atoms with Gasteiger partial charge in [-0.2, -0.15) is 0 Å². The van der Waals surface area contributed by atoms with Gasteiger partial charge in [0.05, 0.1) is 10.6 Å². The molecule has 2 amide bonds. The number of para-hydroxylation sites is 1. The fourth-order valence-corrected chi connectivity index (χ4v) is 1.93. The van der Waals surface area contributed by atoms with Gasteiger partial charge in [-0.3, -0.25) is 15.0 Å². The molecule has 20 heavy (non-hydrogen) atoms. The lowest BCUT2D eigenvalue weighted by Gasteiger charge is -2.20. The molecule has 0 aliphatic heterocycles. The second-order valence-corrected chi connectivity index (χ2v) is 4.26. The third kappa shape index (κ3) is 2.59. The number of amides is 2. The van der Waals surface area contributed by atoms with Crippen molar-refractivity contribution in [3.8, 4) is 0 Å². The third-order valence-corrected chi connectivity index (χ3v) is 2.80. The summed E-state index contributed by atoms with van der Waals surface area (Å²) in [6.45, 7) is 1.74. The number of anilines is 2. The molecule has 0 saturated heterocycles. The van der Waals surface area contributed by atoms with E-state index in [1.807, 2.05) is 0 Å². The number of hydrogen-bond acceptors (Lipinski definition) is 3. The molecular formula is C14H13N3O3. The molecule has 0 heterocycles. The first-order valence-corrected chi connectivity index (χ1v) is 5.90. The maximum absolute atomic E-state index is 11.7. The van der Waals surface area contributed by atoms with Crippen LogP contribution >= 0.6 is 0 Å². The average Bonchev–Trinajstić information content (AvgIpc) is 2.41. The highest BCUT2D eigenvalue weighted by molar-refractivity contribution is 6.00. The molecule has 0 aromatic heterocycles. The van der Waals surface area contributed by atoms with Crippen LogP contribution in [0.1, 0.15) is 5.56 Å². The van der Waals surface area contributed by atoms with Crippen LogP contribution in [0.3, 0.4) is 0 Å². The molecule has 0 spiro atoms. The Labute approximate surface area is 115 Å². The Hall–Kier alpha value is -2.89. The highest BCUT2D eigenvalue weighted by Crippen LogP contribution is 2.34. The first-order chi connectivity index (χ1) is 9.50. The van der Waals surface area contributed by atoms with Crippen LogP contribution in [-0.4, -0.2) is 11.0 Å². The van der Waals surface area contributed by atoms with Gasteiger partial charge in [0, 0.05) is 6.07 Å². The lowest BCUT2D eigenvalue weighted by Crippen LogP contribution is -2.31. The second-order valence-electron chi connectivity index (χ2n) is 4.26. The SMILES string of the molecule is Cc1ccc(N(C(N)=O)c2ccccc2)c([N+](=O)[O-])c1. The lowest BCUT2D eigenvalue weighted by atomic mass is 10.1. The third-order valence-electron chi connectivity index (χ3n) is 2.80. The summed E-state index contributed by atoms with van der Waals surface area (Å²) in [7, 11) is 0. The van der Waals surface area contributed by atoms with Crippen LogP contribution in [-0.2, 0) is 0 Å². The smallest absolute Gasteiger partial charge is 0.324 e. The van der Waals surface area contributed by atoms with Crippen molar-refractivity contribution >= 4 is 23.1 Å². The number of carbonyl (C=O) groups excluding carboxylic acids is 1. The summed E-state index contributed by atoms with van der Waals surface area (Å²) in [4.78, 5) is 23.4. The average molecular weight is 271 g/mol. The van der Waals surface area contributed by atoms with E-state index >= 15 is 0 Å². The Morgan fingerprint density at radius 1 is 1.20 bits per heavy atom. The minimum absolute atomic E-state index is 0.152. The molecule has 0 saturated carbocycles. The molecule has 2 N–H and O–H groups in total. The van der Waals surface area contributed by atoms with Crippen LogP contribution in [0.15, 0.2) is 48.5 Å². The van der Waals surface area contributed by atoms with Crippen LogP contribution < -0.4 is 10.6 Å². The van der Waals surface area contributed by atoms with Crippen molar-refractivity contribution in [3.63, 3.8) is 0 Å². The van der Waals surface area contributed by atoms with E-state index in [9.17, 15) is 14.9 Å². The molecule has 0 fully saturated rings. The van der Waals surface area contributed by atoms with Crippen LogP contribution in [0.4, 0.5) is 21.9 Å². The Balaban J connectivity index is 2.62. The molecule has 0 unspecified atom stereocenters. The van der Waals surface area contributed by atoms with Crippen molar-refractivity contribution in [3.05, 3.63) is 64.2 Å². The number of carbonyl (C=O) groups is 1. The van der Waals surface area contributed by atoms with Gasteiger partial charge in [-0.1, -0.05) is 24.3 Å². The van der Waals surface area contributed by atoms with E-state index in [1.54, 1.807) is 43.3 Å². The molecule has 0 bridgehead atoms. The molecule has 102 valence electrons. The fourth-order valence-electron chi connectivity index (χ4n) is 1.93. The van der Waals surface area contributed by atoms with E-state index in [-0.39, 0.29) is 11.4 Å². The summed E-state index contributed by atoms with van der Waals surface area (Å²) in [6, 6.07) is 12.4. The molecule has 0 aliphatic carbocycles. The number of rotatable bonds is 3. The fraction of sp³-hybridized carbons (Fsp3) is 0.0714. The summed E-state index contributed by atoms with van der Waals surface area (Å²) < 4.78 is 0. The maximum atomic E-state index is 11.7. The van der Waals surface area contributed by atoms with Gasteiger partial charge in [0.15, 0.2) is 0 Å². The first-order valence-electron chi connectivity index (χ1n) is 5.90. The largest absolute Gasteiger partial charge is 0.351 e. The molecule has 0 radical (unpaired) electrons. The molecule has 2 aromatic rings. The number of primary amides is 1. The summed E-state index contributed by atoms with van der Waals surface area (Å²) in [5.74, 6) is 0. The molecular weight excluding hydrogens is 258 g/mol. The highest BCUT2D eigenvalue weighted by atomic mass is 16.6. The molecule has 2 aromatic carbocycles. The van der Waals surface area contributed by atoms with E-state index in [4.69, 9.17) is 5.73 Å². The van der Waals surface area contributed by atoms with Crippen molar-refractivity contribution in [1.29, 1.82) is 0 Å². The van der Waals surface area contributed by atoms with Crippen molar-refractivity contribution < 1.29 is 9.72 Å². The van der Waals surface area contributed by atoms with E-state index < -0.39 is 11.0 Å². The zero-order valence-corrected chi connectivity index (χ0v) is 10.8. The normalized spacial score (nSPS) is 10.1. The van der Waals surface area contributed by atoms with Crippen LogP contribution in [0.5, 0.6) is 0 Å². The van der Waals surface area contributed by atoms with Gasteiger partial charge < -0.3 is 5.73 Å². The molecule has 6 nitrogen and oxygen atoms in total. The number of nitro benzene ring substituents is 1. The van der Waals surface area contributed by atoms with Crippen molar-refractivity contribution in [1.82, 2.24) is 0 Å². The molecule has 2 rings (SSSR count). The summed E-state index contributed by atoms with van der Waals surface area (Å²) in [5.41, 5.74) is 6.58. The van der Waals surface area contributed by atoms with Gasteiger partial charge in [0.25, 0.3) is 5.69 Å². The molecule has 0 aliphatic rings. The zero-order chi connectivity index (χ0) is 14.7. The number of nitro groups is 1. The van der Waals surface area contributed by atoms with Gasteiger partial charge in [0.1, 0.15) is 5.69 Å². The molecule has 0 atom stereocenters. The zero-order valence-electron chi connectivity index (χ0n) is 10.8. The Morgan fingerprint density at radius 2 is 1.85 bits per heavy atom. The van der Waals surface area contributed by atoms with Gasteiger partial charge in [0.2, 0.25) is 0 Å². The minimum Gasteiger partial charge on any atom is -0.351 e. The van der Waals surface area contributed by atoms with Crippen LogP contribution in [0, 0.1) is 17.0 Å². The van der Waals surface area contributed by atoms with Crippen molar-refractivity contribution in [2.75, 3.05) is 4.90 Å². The van der Waals surface area contributed by atoms with Gasteiger partial charge in [-0.25, -0.2) is 4.79 Å². The van der Waals surface area contributed by atoms with Gasteiger partial charge in [-0.15, -0.1) is 0 Å². The number of aryl methyl sites for hydroxylation is 1. The summed E-state index contributed by atoms with van der Waals surface area (Å²) in [6.07, 6.45) is 0. The van der Waals surface area contributed by atoms with Gasteiger partial charge in [-0.05, 0) is 30.7 Å². The van der Waals surface area contributed by atoms with Gasteiger partial charge >= 0.3 is 6.03 Å². The topological polar surface area (TPSA) is 89.5 Å². The monoisotopic (exact) mass is 271 g/mol. The predicted octanol–water partition coefficient (Wildman–Crippen LogP) is 3.12. The number of urea groups is 1. The predicted molar refractivity (Wildman–Crippen MR) is 76.0 cm³/mol. The van der Waals surface area contributed by atoms with Crippen LogP contribution in [0.25, 0.3) is 0 Å². The minimum atomic E-state index is -0.775. The van der Waals surface area contributed by atoms with Crippen molar-refractivity contribution in [2.24, 2.45) is 5.73 Å². The van der Waals surface area contributed by atoms with E-state index in [0.717, 1.165) is 10.5 Å². The van der Waals surface area contributed by atoms with Crippen LogP contribution in [0.2, 0.25) is 0 Å². The van der Waals surface area contributed by atoms with E-state index in [1.165, 1.54) is 12.1 Å². The standard InChI is InChI=1S/C14H13N3O3/c1-10-7-8-12(13(9-10)17(19)20)16(14(15)18)11-5-3-2-4-6-11/h2-9H,1H3,(H2,15,18). The van der Waals surface area contributed by atoms with E-state index in [0.29, 0.717) is 5.69 Å². The number of benzene rings is 2. The Kier molecular flexibility index (Phi) is 3.65. The quantitative estimate of drug-likeness (QED) is 0.687. The molecule has 6 heteroatoms. The highest BCUT2D eigenvalue weighted by Gasteiger charge is 2.24. The van der Waals surface area contributed by atoms with Crippen molar-refractivity contribution in [2.45, 2.75) is 6.92 Å². The number of nitrogens with two attached hydrogens (primary N) is 1. The Morgan fingerprint density at radius 3 is 2.40 bits per heavy atom. The summed E-state index contributed by atoms with van der Waals surface area (Å²) in [5, 5.41) is 11.2. The number of hydrogen-bond donors (Lipinski definition) is 1. The first kappa shape index (κ1) is 13.5. The Bertz CT molecular complexity index is 656. The second kappa shape index (κ2) is 5.40. The van der Waals surface area contributed by atoms with E-state index in [2.05, 4.69) is 0 Å².